The van der Waals surface area contributed by atoms with Crippen LogP contribution < -0.4 is 4.74 Å². The highest BCUT2D eigenvalue weighted by Crippen LogP contribution is 2.18. The van der Waals surface area contributed by atoms with Crippen molar-refractivity contribution in [1.29, 1.82) is 0 Å². The van der Waals surface area contributed by atoms with Gasteiger partial charge in [-0.25, -0.2) is 0 Å². The third-order valence-electron chi connectivity index (χ3n) is 1.91. The van der Waals surface area contributed by atoms with Crippen molar-refractivity contribution in [3.8, 4) is 5.75 Å². The molecule has 0 bridgehead atoms. The summed E-state index contributed by atoms with van der Waals surface area (Å²) in [5.41, 5.74) is 1.23. The van der Waals surface area contributed by atoms with Gasteiger partial charge in [0.15, 0.2) is 0 Å². The molecule has 0 amide bonds. The molecule has 0 atom stereocenters. The zero-order valence-corrected chi connectivity index (χ0v) is 9.25. The average molecular weight is 210 g/mol. The Morgan fingerprint density at radius 3 is 2.36 bits per heavy atom. The molecule has 1 aromatic carbocycles. The zero-order valence-electron chi connectivity index (χ0n) is 8.36. The first-order valence-corrected chi connectivity index (χ1v) is 5.18. The van der Waals surface area contributed by atoms with Gasteiger partial charge in [0.1, 0.15) is 5.75 Å². The van der Waals surface area contributed by atoms with E-state index in [0.717, 1.165) is 0 Å². The van der Waals surface area contributed by atoms with Crippen molar-refractivity contribution in [3.63, 3.8) is 0 Å². The summed E-state index contributed by atoms with van der Waals surface area (Å²) < 4.78 is 4.98. The lowest BCUT2D eigenvalue weighted by atomic mass is 10.0. The van der Waals surface area contributed by atoms with Crippen molar-refractivity contribution in [2.24, 2.45) is 0 Å². The summed E-state index contributed by atoms with van der Waals surface area (Å²) in [6, 6.07) is 7.53. The number of hydrogen-bond acceptors (Lipinski definition) is 3. The fraction of sp³-hybridized carbons (Fsp3) is 0.364. The highest BCUT2D eigenvalue weighted by Gasteiger charge is 2.02. The molecule has 0 aliphatic heterocycles. The largest absolute Gasteiger partial charge is 0.426 e. The maximum atomic E-state index is 10.9. The lowest BCUT2D eigenvalue weighted by Gasteiger charge is -2.06. The highest BCUT2D eigenvalue weighted by molar-refractivity contribution is 7.81. The molecule has 0 aliphatic carbocycles. The van der Waals surface area contributed by atoms with Gasteiger partial charge in [-0.05, 0) is 23.6 Å². The fourth-order valence-corrected chi connectivity index (χ4v) is 1.15. The molecule has 0 aliphatic rings. The molecule has 0 radical (unpaired) electrons. The predicted octanol–water partition coefficient (Wildman–Crippen LogP) is 2.65. The molecule has 76 valence electrons. The Hall–Kier alpha value is -0.960. The predicted molar refractivity (Wildman–Crippen MR) is 60.0 cm³/mol. The molecule has 0 unspecified atom stereocenters. The standard InChI is InChI=1S/C11H14O2S/c1-8(2)9-3-5-10(6-4-9)13-11(12)7-14/h3-6,8,14H,7H2,1-2H3. The van der Waals surface area contributed by atoms with Crippen molar-refractivity contribution in [3.05, 3.63) is 29.8 Å². The van der Waals surface area contributed by atoms with Gasteiger partial charge >= 0.3 is 5.97 Å². The van der Waals surface area contributed by atoms with E-state index in [2.05, 4.69) is 26.5 Å². The molecule has 0 heterocycles. The Morgan fingerprint density at radius 1 is 1.36 bits per heavy atom. The zero-order chi connectivity index (χ0) is 10.6. The lowest BCUT2D eigenvalue weighted by molar-refractivity contribution is -0.131. The van der Waals surface area contributed by atoms with Gasteiger partial charge in [-0.3, -0.25) is 4.79 Å². The number of hydrogen-bond donors (Lipinski definition) is 1. The second-order valence-corrected chi connectivity index (χ2v) is 3.67. The minimum Gasteiger partial charge on any atom is -0.426 e. The van der Waals surface area contributed by atoms with Crippen LogP contribution in [0.4, 0.5) is 0 Å². The van der Waals surface area contributed by atoms with Gasteiger partial charge in [-0.2, -0.15) is 12.6 Å². The first kappa shape index (κ1) is 11.1. The van der Waals surface area contributed by atoms with Crippen LogP contribution in [-0.4, -0.2) is 11.7 Å². The third-order valence-corrected chi connectivity index (χ3v) is 2.17. The minimum atomic E-state index is -0.328. The van der Waals surface area contributed by atoms with Crippen LogP contribution >= 0.6 is 12.6 Å². The van der Waals surface area contributed by atoms with Gasteiger partial charge in [0.25, 0.3) is 0 Å². The second kappa shape index (κ2) is 5.05. The van der Waals surface area contributed by atoms with E-state index in [1.807, 2.05) is 12.1 Å². The van der Waals surface area contributed by atoms with Crippen LogP contribution in [-0.2, 0) is 4.79 Å². The summed E-state index contributed by atoms with van der Waals surface area (Å²) in [5.74, 6) is 0.843. The monoisotopic (exact) mass is 210 g/mol. The van der Waals surface area contributed by atoms with Crippen LogP contribution in [0.1, 0.15) is 25.3 Å². The van der Waals surface area contributed by atoms with E-state index in [1.54, 1.807) is 12.1 Å². The van der Waals surface area contributed by atoms with E-state index in [-0.39, 0.29) is 11.7 Å². The Kier molecular flexibility index (Phi) is 4.01. The molecule has 14 heavy (non-hydrogen) atoms. The first-order valence-electron chi connectivity index (χ1n) is 4.55. The Labute approximate surface area is 89.7 Å². The van der Waals surface area contributed by atoms with Crippen molar-refractivity contribution in [2.45, 2.75) is 19.8 Å². The van der Waals surface area contributed by atoms with Gasteiger partial charge in [-0.1, -0.05) is 26.0 Å². The van der Waals surface area contributed by atoms with E-state index < -0.39 is 0 Å². The normalized spacial score (nSPS) is 10.3. The van der Waals surface area contributed by atoms with Crippen molar-refractivity contribution in [1.82, 2.24) is 0 Å². The molecular weight excluding hydrogens is 196 g/mol. The third kappa shape index (κ3) is 3.07. The maximum absolute atomic E-state index is 10.9. The van der Waals surface area contributed by atoms with E-state index in [9.17, 15) is 4.79 Å². The van der Waals surface area contributed by atoms with Crippen LogP contribution in [0.15, 0.2) is 24.3 Å². The van der Waals surface area contributed by atoms with Crippen LogP contribution in [0.25, 0.3) is 0 Å². The quantitative estimate of drug-likeness (QED) is 0.471. The van der Waals surface area contributed by atoms with Gasteiger partial charge < -0.3 is 4.74 Å². The number of benzene rings is 1. The summed E-state index contributed by atoms with van der Waals surface area (Å²) in [6.07, 6.45) is 0. The Morgan fingerprint density at radius 2 is 1.93 bits per heavy atom. The summed E-state index contributed by atoms with van der Waals surface area (Å²) in [5, 5.41) is 0. The number of carbonyl (C=O) groups is 1. The summed E-state index contributed by atoms with van der Waals surface area (Å²) in [4.78, 5) is 10.9. The maximum Gasteiger partial charge on any atom is 0.321 e. The molecule has 0 saturated heterocycles. The van der Waals surface area contributed by atoms with Crippen LogP contribution in [0.3, 0.4) is 0 Å². The number of ether oxygens (including phenoxy) is 1. The molecule has 3 heteroatoms. The fourth-order valence-electron chi connectivity index (χ4n) is 1.08. The van der Waals surface area contributed by atoms with E-state index in [0.29, 0.717) is 11.7 Å². The van der Waals surface area contributed by atoms with E-state index in [1.165, 1.54) is 5.56 Å². The minimum absolute atomic E-state index is 0.103. The van der Waals surface area contributed by atoms with Gasteiger partial charge in [0.2, 0.25) is 0 Å². The molecule has 1 rings (SSSR count). The molecule has 2 nitrogen and oxygen atoms in total. The smallest absolute Gasteiger partial charge is 0.321 e. The van der Waals surface area contributed by atoms with E-state index in [4.69, 9.17) is 4.74 Å². The number of esters is 1. The first-order chi connectivity index (χ1) is 6.63. The van der Waals surface area contributed by atoms with Crippen LogP contribution in [0, 0.1) is 0 Å². The molecule has 0 spiro atoms. The van der Waals surface area contributed by atoms with Crippen LogP contribution in [0.5, 0.6) is 5.75 Å². The highest BCUT2D eigenvalue weighted by atomic mass is 32.1. The summed E-state index contributed by atoms with van der Waals surface area (Å²) in [7, 11) is 0. The van der Waals surface area contributed by atoms with Crippen molar-refractivity contribution < 1.29 is 9.53 Å². The Balaban J connectivity index is 2.69. The number of carbonyl (C=O) groups excluding carboxylic acids is 1. The number of rotatable bonds is 3. The molecule has 0 saturated carbocycles. The SMILES string of the molecule is CC(C)c1ccc(OC(=O)CS)cc1. The molecule has 0 N–H and O–H groups in total. The second-order valence-electron chi connectivity index (χ2n) is 3.36. The summed E-state index contributed by atoms with van der Waals surface area (Å²) >= 11 is 3.82. The topological polar surface area (TPSA) is 26.3 Å². The average Bonchev–Trinajstić information content (AvgIpc) is 2.18. The van der Waals surface area contributed by atoms with E-state index >= 15 is 0 Å². The van der Waals surface area contributed by atoms with Crippen LogP contribution in [0.2, 0.25) is 0 Å². The van der Waals surface area contributed by atoms with Gasteiger partial charge in [0, 0.05) is 0 Å². The van der Waals surface area contributed by atoms with Crippen molar-refractivity contribution in [2.75, 3.05) is 5.75 Å². The van der Waals surface area contributed by atoms with Gasteiger partial charge in [0.05, 0.1) is 5.75 Å². The van der Waals surface area contributed by atoms with Gasteiger partial charge in [-0.15, -0.1) is 0 Å². The summed E-state index contributed by atoms with van der Waals surface area (Å²) in [6.45, 7) is 4.24. The molecule has 1 aromatic rings. The lowest BCUT2D eigenvalue weighted by Crippen LogP contribution is -2.08. The molecular formula is C11H14O2S. The van der Waals surface area contributed by atoms with Crippen molar-refractivity contribution >= 4 is 18.6 Å². The Bertz CT molecular complexity index is 304. The molecule has 0 fully saturated rings. The number of thiol groups is 1. The molecule has 0 aromatic heterocycles.